The van der Waals surface area contributed by atoms with Crippen molar-refractivity contribution in [2.75, 3.05) is 0 Å². The molecule has 0 aliphatic carbocycles. The number of aryl methyl sites for hydroxylation is 1. The number of carboxylic acids is 1. The van der Waals surface area contributed by atoms with Gasteiger partial charge in [0.25, 0.3) is 5.91 Å². The van der Waals surface area contributed by atoms with Gasteiger partial charge in [-0.25, -0.2) is 14.5 Å². The number of carbonyl (C=O) groups excluding carboxylic acids is 1. The van der Waals surface area contributed by atoms with Crippen LogP contribution in [0, 0.1) is 6.92 Å². The molecule has 0 radical (unpaired) electrons. The van der Waals surface area contributed by atoms with E-state index in [4.69, 9.17) is 0 Å². The largest absolute Gasteiger partial charge is 0.480 e. The van der Waals surface area contributed by atoms with Gasteiger partial charge in [-0.1, -0.05) is 30.3 Å². The molecule has 2 aromatic heterocycles. The molecule has 3 aromatic rings. The Bertz CT molecular complexity index is 1010. The zero-order chi connectivity index (χ0) is 20.4. The van der Waals surface area contributed by atoms with E-state index in [1.807, 2.05) is 51.1 Å². The second-order valence-electron chi connectivity index (χ2n) is 7.16. The molecule has 0 fully saturated rings. The van der Waals surface area contributed by atoms with Gasteiger partial charge in [0.15, 0.2) is 5.65 Å². The predicted octanol–water partition coefficient (Wildman–Crippen LogP) is 3.44. The van der Waals surface area contributed by atoms with E-state index in [0.29, 0.717) is 22.3 Å². The summed E-state index contributed by atoms with van der Waals surface area (Å²) in [7, 11) is 0. The summed E-state index contributed by atoms with van der Waals surface area (Å²) in [5.74, 6) is -1.40. The van der Waals surface area contributed by atoms with Crippen LogP contribution >= 0.6 is 0 Å². The number of hydrogen-bond acceptors (Lipinski definition) is 4. The molecule has 146 valence electrons. The molecule has 0 aliphatic heterocycles. The van der Waals surface area contributed by atoms with E-state index in [-0.39, 0.29) is 18.5 Å². The number of amides is 1. The van der Waals surface area contributed by atoms with E-state index in [1.165, 1.54) is 11.8 Å². The van der Waals surface area contributed by atoms with Gasteiger partial charge in [-0.15, -0.1) is 0 Å². The van der Waals surface area contributed by atoms with Crippen LogP contribution in [0.2, 0.25) is 0 Å². The number of rotatable bonds is 6. The second-order valence-corrected chi connectivity index (χ2v) is 7.16. The molecule has 1 aromatic carbocycles. The molecule has 7 heteroatoms. The van der Waals surface area contributed by atoms with Gasteiger partial charge in [0.05, 0.1) is 17.1 Å². The fourth-order valence-electron chi connectivity index (χ4n) is 3.15. The van der Waals surface area contributed by atoms with Crippen molar-refractivity contribution < 1.29 is 14.7 Å². The summed E-state index contributed by atoms with van der Waals surface area (Å²) in [4.78, 5) is 31.0. The normalized spacial score (nSPS) is 12.3. The molecular formula is C21H24N4O3. The molecule has 3 rings (SSSR count). The second kappa shape index (κ2) is 7.80. The summed E-state index contributed by atoms with van der Waals surface area (Å²) in [6.45, 7) is 7.52. The summed E-state index contributed by atoms with van der Waals surface area (Å²) in [5, 5.41) is 14.5. The quantitative estimate of drug-likeness (QED) is 0.708. The minimum absolute atomic E-state index is 0.0908. The number of hydrogen-bond donors (Lipinski definition) is 1. The maximum atomic E-state index is 13.4. The van der Waals surface area contributed by atoms with Crippen LogP contribution in [-0.2, 0) is 11.3 Å². The standard InChI is InChI=1S/C21H24N4O3/c1-13(2)25-19-18(11-22-25)17(10-14(3)23-19)20(26)24(15(4)21(27)28)12-16-8-6-5-7-9-16/h5-11,13,15H,12H2,1-4H3,(H,27,28). The number of aliphatic carboxylic acids is 1. The third kappa shape index (κ3) is 3.74. The lowest BCUT2D eigenvalue weighted by Crippen LogP contribution is -2.42. The zero-order valence-electron chi connectivity index (χ0n) is 16.5. The third-order valence-electron chi connectivity index (χ3n) is 4.70. The van der Waals surface area contributed by atoms with Gasteiger partial charge in [0.1, 0.15) is 6.04 Å². The fourth-order valence-corrected chi connectivity index (χ4v) is 3.15. The molecule has 0 spiro atoms. The zero-order valence-corrected chi connectivity index (χ0v) is 16.5. The highest BCUT2D eigenvalue weighted by Crippen LogP contribution is 2.24. The number of carboxylic acid groups (broad SMARTS) is 1. The van der Waals surface area contributed by atoms with Crippen LogP contribution in [0.3, 0.4) is 0 Å². The van der Waals surface area contributed by atoms with Crippen molar-refractivity contribution in [1.29, 1.82) is 0 Å². The van der Waals surface area contributed by atoms with Gasteiger partial charge < -0.3 is 10.0 Å². The van der Waals surface area contributed by atoms with Crippen molar-refractivity contribution in [1.82, 2.24) is 19.7 Å². The first kappa shape index (κ1) is 19.5. The molecule has 2 heterocycles. The highest BCUT2D eigenvalue weighted by molar-refractivity contribution is 6.06. The van der Waals surface area contributed by atoms with Crippen molar-refractivity contribution in [3.05, 3.63) is 59.4 Å². The number of carbonyl (C=O) groups is 2. The SMILES string of the molecule is Cc1cc(C(=O)N(Cc2ccccc2)C(C)C(=O)O)c2cnn(C(C)C)c2n1. The van der Waals surface area contributed by atoms with E-state index in [1.54, 1.807) is 16.9 Å². The molecule has 0 bridgehead atoms. The Kier molecular flexibility index (Phi) is 5.44. The maximum Gasteiger partial charge on any atom is 0.326 e. The van der Waals surface area contributed by atoms with Gasteiger partial charge >= 0.3 is 5.97 Å². The van der Waals surface area contributed by atoms with E-state index in [9.17, 15) is 14.7 Å². The van der Waals surface area contributed by atoms with Crippen LogP contribution in [0.4, 0.5) is 0 Å². The Hall–Kier alpha value is -3.22. The summed E-state index contributed by atoms with van der Waals surface area (Å²) in [6, 6.07) is 10.2. The van der Waals surface area contributed by atoms with Crippen LogP contribution in [0.1, 0.15) is 48.4 Å². The predicted molar refractivity (Wildman–Crippen MR) is 106 cm³/mol. The Morgan fingerprint density at radius 1 is 1.18 bits per heavy atom. The number of nitrogens with zero attached hydrogens (tertiary/aromatic N) is 4. The van der Waals surface area contributed by atoms with Crippen LogP contribution in [0.5, 0.6) is 0 Å². The van der Waals surface area contributed by atoms with Crippen molar-refractivity contribution in [2.24, 2.45) is 0 Å². The number of benzene rings is 1. The fraction of sp³-hybridized carbons (Fsp3) is 0.333. The average Bonchev–Trinajstić information content (AvgIpc) is 3.09. The number of pyridine rings is 1. The molecule has 0 saturated carbocycles. The van der Waals surface area contributed by atoms with Crippen molar-refractivity contribution in [3.8, 4) is 0 Å². The van der Waals surface area contributed by atoms with E-state index >= 15 is 0 Å². The summed E-state index contributed by atoms with van der Waals surface area (Å²) < 4.78 is 1.77. The first-order valence-corrected chi connectivity index (χ1v) is 9.22. The Morgan fingerprint density at radius 3 is 2.46 bits per heavy atom. The molecule has 7 nitrogen and oxygen atoms in total. The molecule has 1 atom stereocenters. The summed E-state index contributed by atoms with van der Waals surface area (Å²) in [6.07, 6.45) is 1.63. The van der Waals surface area contributed by atoms with Crippen LogP contribution in [0.25, 0.3) is 11.0 Å². The van der Waals surface area contributed by atoms with Gasteiger partial charge in [0, 0.05) is 18.3 Å². The lowest BCUT2D eigenvalue weighted by molar-refractivity contribution is -0.141. The average molecular weight is 380 g/mol. The molecule has 1 amide bonds. The summed E-state index contributed by atoms with van der Waals surface area (Å²) >= 11 is 0. The minimum Gasteiger partial charge on any atom is -0.480 e. The molecule has 1 N–H and O–H groups in total. The van der Waals surface area contributed by atoms with Gasteiger partial charge in [0.2, 0.25) is 0 Å². The van der Waals surface area contributed by atoms with Crippen LogP contribution in [-0.4, -0.2) is 42.7 Å². The van der Waals surface area contributed by atoms with Gasteiger partial charge in [-0.05, 0) is 39.3 Å². The Labute approximate surface area is 163 Å². The first-order valence-electron chi connectivity index (χ1n) is 9.22. The smallest absolute Gasteiger partial charge is 0.326 e. The van der Waals surface area contributed by atoms with Crippen molar-refractivity contribution >= 4 is 22.9 Å². The van der Waals surface area contributed by atoms with Gasteiger partial charge in [-0.2, -0.15) is 5.10 Å². The summed E-state index contributed by atoms with van der Waals surface area (Å²) in [5.41, 5.74) is 2.59. The monoisotopic (exact) mass is 380 g/mol. The van der Waals surface area contributed by atoms with Crippen molar-refractivity contribution in [3.63, 3.8) is 0 Å². The van der Waals surface area contributed by atoms with Gasteiger partial charge in [-0.3, -0.25) is 4.79 Å². The number of fused-ring (bicyclic) bond motifs is 1. The lowest BCUT2D eigenvalue weighted by Gasteiger charge is -2.27. The highest BCUT2D eigenvalue weighted by atomic mass is 16.4. The molecular weight excluding hydrogens is 356 g/mol. The molecule has 28 heavy (non-hydrogen) atoms. The minimum atomic E-state index is -1.05. The van der Waals surface area contributed by atoms with Crippen molar-refractivity contribution in [2.45, 2.75) is 46.3 Å². The lowest BCUT2D eigenvalue weighted by atomic mass is 10.1. The van der Waals surface area contributed by atoms with E-state index in [2.05, 4.69) is 10.1 Å². The first-order chi connectivity index (χ1) is 13.3. The molecule has 0 aliphatic rings. The topological polar surface area (TPSA) is 88.3 Å². The Morgan fingerprint density at radius 2 is 1.86 bits per heavy atom. The number of aromatic nitrogens is 3. The Balaban J connectivity index is 2.09. The van der Waals surface area contributed by atoms with Crippen LogP contribution < -0.4 is 0 Å². The van der Waals surface area contributed by atoms with E-state index in [0.717, 1.165) is 5.56 Å². The maximum absolute atomic E-state index is 13.4. The van der Waals surface area contributed by atoms with Crippen LogP contribution in [0.15, 0.2) is 42.6 Å². The van der Waals surface area contributed by atoms with E-state index < -0.39 is 12.0 Å². The third-order valence-corrected chi connectivity index (χ3v) is 4.70. The molecule has 1 unspecified atom stereocenters. The molecule has 0 saturated heterocycles. The highest BCUT2D eigenvalue weighted by Gasteiger charge is 2.29.